The first-order valence-corrected chi connectivity index (χ1v) is 7.19. The highest BCUT2D eigenvalue weighted by Crippen LogP contribution is 2.28. The molecule has 2 unspecified atom stereocenters. The molecule has 1 aliphatic carbocycles. The van der Waals surface area contributed by atoms with E-state index in [1.807, 2.05) is 0 Å². The lowest BCUT2D eigenvalue weighted by Crippen LogP contribution is -2.38. The van der Waals surface area contributed by atoms with Crippen LogP contribution in [0.3, 0.4) is 0 Å². The van der Waals surface area contributed by atoms with Crippen molar-refractivity contribution in [3.05, 3.63) is 35.4 Å². The Morgan fingerprint density at radius 2 is 1.72 bits per heavy atom. The molecule has 2 nitrogen and oxygen atoms in total. The summed E-state index contributed by atoms with van der Waals surface area (Å²) in [4.78, 5) is 2.53. The highest BCUT2D eigenvalue weighted by Gasteiger charge is 2.24. The van der Waals surface area contributed by atoms with E-state index < -0.39 is 0 Å². The van der Waals surface area contributed by atoms with E-state index in [1.54, 1.807) is 0 Å². The van der Waals surface area contributed by atoms with Crippen LogP contribution < -0.4 is 5.73 Å². The Morgan fingerprint density at radius 1 is 1.11 bits per heavy atom. The smallest absolute Gasteiger partial charge is 0.0233 e. The van der Waals surface area contributed by atoms with Gasteiger partial charge in [0.05, 0.1) is 0 Å². The van der Waals surface area contributed by atoms with Crippen LogP contribution in [-0.2, 0) is 13.1 Å². The topological polar surface area (TPSA) is 29.3 Å². The van der Waals surface area contributed by atoms with E-state index in [9.17, 15) is 0 Å². The van der Waals surface area contributed by atoms with Gasteiger partial charge in [0.15, 0.2) is 0 Å². The summed E-state index contributed by atoms with van der Waals surface area (Å²) >= 11 is 0. The van der Waals surface area contributed by atoms with Gasteiger partial charge in [-0.25, -0.2) is 0 Å². The van der Waals surface area contributed by atoms with E-state index in [0.29, 0.717) is 6.54 Å². The second kappa shape index (κ2) is 6.35. The van der Waals surface area contributed by atoms with Gasteiger partial charge in [-0.3, -0.25) is 4.90 Å². The Bertz CT molecular complexity index is 358. The van der Waals surface area contributed by atoms with Crippen molar-refractivity contribution >= 4 is 0 Å². The summed E-state index contributed by atoms with van der Waals surface area (Å²) in [5.74, 6) is 0.840. The third-order valence-corrected chi connectivity index (χ3v) is 4.32. The van der Waals surface area contributed by atoms with Crippen molar-refractivity contribution in [3.63, 3.8) is 0 Å². The van der Waals surface area contributed by atoms with E-state index in [4.69, 9.17) is 5.73 Å². The van der Waals surface area contributed by atoms with Crippen LogP contribution in [0.1, 0.15) is 43.7 Å². The summed E-state index contributed by atoms with van der Waals surface area (Å²) in [6, 6.07) is 9.48. The molecule has 0 amide bonds. The molecule has 18 heavy (non-hydrogen) atoms. The van der Waals surface area contributed by atoms with Gasteiger partial charge in [-0.2, -0.15) is 0 Å². The zero-order chi connectivity index (χ0) is 13.0. The summed E-state index contributed by atoms with van der Waals surface area (Å²) in [5, 5.41) is 0. The molecule has 1 fully saturated rings. The minimum atomic E-state index is 0.635. The van der Waals surface area contributed by atoms with Crippen LogP contribution in [0.15, 0.2) is 24.3 Å². The number of rotatable bonds is 4. The van der Waals surface area contributed by atoms with Crippen LogP contribution in [0, 0.1) is 5.92 Å². The maximum atomic E-state index is 5.63. The third kappa shape index (κ3) is 3.33. The monoisotopic (exact) mass is 246 g/mol. The van der Waals surface area contributed by atoms with Gasteiger partial charge in [0.25, 0.3) is 0 Å². The molecule has 100 valence electrons. The lowest BCUT2D eigenvalue weighted by molar-refractivity contribution is 0.133. The fourth-order valence-electron chi connectivity index (χ4n) is 3.14. The average molecular weight is 246 g/mol. The SMILES string of the molecule is CC1CCCCC1N(C)Cc1ccc(CN)cc1. The first kappa shape index (κ1) is 13.6. The van der Waals surface area contributed by atoms with Crippen molar-refractivity contribution in [3.8, 4) is 0 Å². The number of nitrogens with zero attached hydrogens (tertiary/aromatic N) is 1. The molecule has 0 bridgehead atoms. The second-order valence-electron chi connectivity index (χ2n) is 5.76. The van der Waals surface area contributed by atoms with Crippen molar-refractivity contribution in [2.75, 3.05) is 7.05 Å². The number of hydrogen-bond acceptors (Lipinski definition) is 2. The van der Waals surface area contributed by atoms with Crippen LogP contribution in [-0.4, -0.2) is 18.0 Å². The lowest BCUT2D eigenvalue weighted by Gasteiger charge is -2.36. The second-order valence-corrected chi connectivity index (χ2v) is 5.76. The van der Waals surface area contributed by atoms with E-state index >= 15 is 0 Å². The quantitative estimate of drug-likeness (QED) is 0.884. The van der Waals surface area contributed by atoms with Gasteiger partial charge in [0, 0.05) is 19.1 Å². The molecule has 2 heteroatoms. The number of hydrogen-bond donors (Lipinski definition) is 1. The molecule has 0 aliphatic heterocycles. The Morgan fingerprint density at radius 3 is 2.33 bits per heavy atom. The minimum absolute atomic E-state index is 0.635. The van der Waals surface area contributed by atoms with Crippen LogP contribution in [0.2, 0.25) is 0 Å². The third-order valence-electron chi connectivity index (χ3n) is 4.32. The first-order chi connectivity index (χ1) is 8.70. The fraction of sp³-hybridized carbons (Fsp3) is 0.625. The van der Waals surface area contributed by atoms with Crippen LogP contribution in [0.4, 0.5) is 0 Å². The molecule has 1 aromatic rings. The summed E-state index contributed by atoms with van der Waals surface area (Å²) in [7, 11) is 2.27. The van der Waals surface area contributed by atoms with Gasteiger partial charge in [0.2, 0.25) is 0 Å². The van der Waals surface area contributed by atoms with Crippen molar-refractivity contribution in [1.82, 2.24) is 4.90 Å². The Labute approximate surface area is 111 Å². The largest absolute Gasteiger partial charge is 0.326 e. The zero-order valence-electron chi connectivity index (χ0n) is 11.7. The summed E-state index contributed by atoms with van der Waals surface area (Å²) in [6.45, 7) is 4.09. The summed E-state index contributed by atoms with van der Waals surface area (Å²) in [5.41, 5.74) is 8.24. The molecule has 0 spiro atoms. The lowest BCUT2D eigenvalue weighted by atomic mass is 9.85. The molecule has 2 N–H and O–H groups in total. The maximum absolute atomic E-state index is 5.63. The van der Waals surface area contributed by atoms with Crippen LogP contribution in [0.5, 0.6) is 0 Å². The molecular formula is C16H26N2. The number of nitrogens with two attached hydrogens (primary N) is 1. The highest BCUT2D eigenvalue weighted by atomic mass is 15.1. The van der Waals surface area contributed by atoms with E-state index in [2.05, 4.69) is 43.1 Å². The molecule has 0 radical (unpaired) electrons. The maximum Gasteiger partial charge on any atom is 0.0233 e. The van der Waals surface area contributed by atoms with E-state index in [1.165, 1.54) is 36.8 Å². The minimum Gasteiger partial charge on any atom is -0.326 e. The Hall–Kier alpha value is -0.860. The Balaban J connectivity index is 1.94. The van der Waals surface area contributed by atoms with Gasteiger partial charge in [-0.05, 0) is 36.9 Å². The number of benzene rings is 1. The van der Waals surface area contributed by atoms with Crippen molar-refractivity contribution in [2.45, 2.75) is 51.7 Å². The van der Waals surface area contributed by atoms with Gasteiger partial charge in [-0.15, -0.1) is 0 Å². The molecular weight excluding hydrogens is 220 g/mol. The molecule has 2 rings (SSSR count). The fourth-order valence-corrected chi connectivity index (χ4v) is 3.14. The molecule has 0 aromatic heterocycles. The van der Waals surface area contributed by atoms with Crippen molar-refractivity contribution < 1.29 is 0 Å². The average Bonchev–Trinajstić information content (AvgIpc) is 2.40. The highest BCUT2D eigenvalue weighted by molar-refractivity contribution is 5.22. The normalized spacial score (nSPS) is 24.4. The van der Waals surface area contributed by atoms with Gasteiger partial charge in [0.1, 0.15) is 0 Å². The van der Waals surface area contributed by atoms with E-state index in [0.717, 1.165) is 18.5 Å². The summed E-state index contributed by atoms with van der Waals surface area (Å²) < 4.78 is 0. The standard InChI is InChI=1S/C16H26N2/c1-13-5-3-4-6-16(13)18(2)12-15-9-7-14(11-17)8-10-15/h7-10,13,16H,3-6,11-12,17H2,1-2H3. The molecule has 2 atom stereocenters. The molecule has 1 aliphatic rings. The van der Waals surface area contributed by atoms with Crippen molar-refractivity contribution in [2.24, 2.45) is 11.7 Å². The first-order valence-electron chi connectivity index (χ1n) is 7.19. The molecule has 1 saturated carbocycles. The van der Waals surface area contributed by atoms with Gasteiger partial charge >= 0.3 is 0 Å². The predicted octanol–water partition coefficient (Wildman–Crippen LogP) is 3.16. The predicted molar refractivity (Wildman–Crippen MR) is 77.2 cm³/mol. The summed E-state index contributed by atoms with van der Waals surface area (Å²) in [6.07, 6.45) is 5.56. The van der Waals surface area contributed by atoms with Crippen molar-refractivity contribution in [1.29, 1.82) is 0 Å². The Kier molecular flexibility index (Phi) is 4.79. The molecule has 1 aromatic carbocycles. The van der Waals surface area contributed by atoms with Gasteiger partial charge in [-0.1, -0.05) is 44.0 Å². The molecule has 0 saturated heterocycles. The van der Waals surface area contributed by atoms with Crippen LogP contribution in [0.25, 0.3) is 0 Å². The van der Waals surface area contributed by atoms with Gasteiger partial charge < -0.3 is 5.73 Å². The molecule has 0 heterocycles. The van der Waals surface area contributed by atoms with E-state index in [-0.39, 0.29) is 0 Å². The zero-order valence-corrected chi connectivity index (χ0v) is 11.7. The van der Waals surface area contributed by atoms with Crippen LogP contribution >= 0.6 is 0 Å².